The maximum absolute atomic E-state index is 11.7. The number of hydrogen-bond donors (Lipinski definition) is 2. The number of ether oxygens (including phenoxy) is 1. The maximum Gasteiger partial charge on any atom is 0.412 e. The minimum atomic E-state index is -0.536. The van der Waals surface area contributed by atoms with Gasteiger partial charge in [-0.05, 0) is 32.9 Å². The zero-order valence-corrected chi connectivity index (χ0v) is 11.9. The van der Waals surface area contributed by atoms with E-state index in [0.717, 1.165) is 11.0 Å². The lowest BCUT2D eigenvalue weighted by Crippen LogP contribution is -2.27. The Balaban J connectivity index is 2.14. The van der Waals surface area contributed by atoms with Gasteiger partial charge in [-0.25, -0.2) is 9.78 Å². The van der Waals surface area contributed by atoms with E-state index in [4.69, 9.17) is 9.84 Å². The second kappa shape index (κ2) is 5.50. The lowest BCUT2D eigenvalue weighted by atomic mass is 10.2. The molecule has 0 saturated carbocycles. The average molecular weight is 277 g/mol. The molecule has 6 heteroatoms. The summed E-state index contributed by atoms with van der Waals surface area (Å²) in [5, 5.41) is 12.5. The number of rotatable bonds is 3. The van der Waals surface area contributed by atoms with Crippen molar-refractivity contribution in [3.8, 4) is 0 Å². The normalized spacial score (nSPS) is 11.6. The van der Waals surface area contributed by atoms with Gasteiger partial charge in [-0.2, -0.15) is 0 Å². The highest BCUT2D eigenvalue weighted by atomic mass is 16.6. The van der Waals surface area contributed by atoms with Gasteiger partial charge < -0.3 is 14.4 Å². The molecule has 0 radical (unpaired) electrons. The molecule has 108 valence electrons. The van der Waals surface area contributed by atoms with Crippen molar-refractivity contribution in [2.24, 2.45) is 0 Å². The van der Waals surface area contributed by atoms with Crippen molar-refractivity contribution < 1.29 is 14.6 Å². The van der Waals surface area contributed by atoms with E-state index in [9.17, 15) is 4.79 Å². The van der Waals surface area contributed by atoms with Gasteiger partial charge >= 0.3 is 6.09 Å². The molecule has 1 amide bonds. The van der Waals surface area contributed by atoms with Crippen molar-refractivity contribution in [2.75, 3.05) is 11.9 Å². The quantitative estimate of drug-likeness (QED) is 0.903. The number of carbonyl (C=O) groups is 1. The third-order valence-electron chi connectivity index (χ3n) is 2.59. The van der Waals surface area contributed by atoms with Crippen LogP contribution >= 0.6 is 0 Å². The molecule has 0 aliphatic rings. The number of nitrogens with zero attached hydrogens (tertiary/aromatic N) is 2. The summed E-state index contributed by atoms with van der Waals surface area (Å²) in [7, 11) is 0. The maximum atomic E-state index is 11.7. The van der Waals surface area contributed by atoms with E-state index in [1.807, 2.05) is 43.7 Å². The number of fused-ring (bicyclic) bond motifs is 1. The molecular weight excluding hydrogens is 258 g/mol. The first-order valence-electron chi connectivity index (χ1n) is 6.45. The minimum absolute atomic E-state index is 0.0589. The zero-order chi connectivity index (χ0) is 14.8. The lowest BCUT2D eigenvalue weighted by molar-refractivity contribution is 0.0636. The van der Waals surface area contributed by atoms with Crippen LogP contribution in [0.2, 0.25) is 0 Å². The van der Waals surface area contributed by atoms with E-state index in [2.05, 4.69) is 10.3 Å². The summed E-state index contributed by atoms with van der Waals surface area (Å²) >= 11 is 0. The molecule has 0 fully saturated rings. The Bertz CT molecular complexity index is 614. The average Bonchev–Trinajstić information content (AvgIpc) is 2.70. The van der Waals surface area contributed by atoms with Crippen molar-refractivity contribution in [3.63, 3.8) is 0 Å². The van der Waals surface area contributed by atoms with Gasteiger partial charge in [0.1, 0.15) is 11.2 Å². The van der Waals surface area contributed by atoms with E-state index in [1.54, 1.807) is 6.20 Å². The first-order valence-corrected chi connectivity index (χ1v) is 6.45. The van der Waals surface area contributed by atoms with Gasteiger partial charge in [0.25, 0.3) is 0 Å². The molecule has 2 aromatic rings. The number of amides is 1. The van der Waals surface area contributed by atoms with E-state index in [1.165, 1.54) is 0 Å². The van der Waals surface area contributed by atoms with Crippen molar-refractivity contribution in [1.82, 2.24) is 9.55 Å². The largest absolute Gasteiger partial charge is 0.444 e. The molecule has 0 bridgehead atoms. The minimum Gasteiger partial charge on any atom is -0.444 e. The number of aromatic nitrogens is 2. The second-order valence-electron chi connectivity index (χ2n) is 5.50. The summed E-state index contributed by atoms with van der Waals surface area (Å²) in [5.74, 6) is 0. The van der Waals surface area contributed by atoms with E-state index >= 15 is 0 Å². The summed E-state index contributed by atoms with van der Waals surface area (Å²) in [6.45, 7) is 5.98. The molecule has 2 aromatic heterocycles. The fourth-order valence-electron chi connectivity index (χ4n) is 1.86. The van der Waals surface area contributed by atoms with Crippen LogP contribution in [0.3, 0.4) is 0 Å². The first kappa shape index (κ1) is 14.3. The first-order chi connectivity index (χ1) is 9.39. The number of carbonyl (C=O) groups excluding carboxylic acids is 1. The Morgan fingerprint density at radius 1 is 1.50 bits per heavy atom. The summed E-state index contributed by atoms with van der Waals surface area (Å²) < 4.78 is 7.04. The third-order valence-corrected chi connectivity index (χ3v) is 2.59. The van der Waals surface area contributed by atoms with Gasteiger partial charge in [-0.15, -0.1) is 0 Å². The van der Waals surface area contributed by atoms with Crippen molar-refractivity contribution >= 4 is 22.8 Å². The number of aliphatic hydroxyl groups is 1. The van der Waals surface area contributed by atoms with Gasteiger partial charge in [0.2, 0.25) is 0 Å². The highest BCUT2D eigenvalue weighted by Gasteiger charge is 2.16. The van der Waals surface area contributed by atoms with Crippen LogP contribution in [-0.2, 0) is 11.3 Å². The van der Waals surface area contributed by atoms with Crippen LogP contribution in [0.4, 0.5) is 10.5 Å². The molecule has 0 aromatic carbocycles. The predicted octanol–water partition coefficient (Wildman–Crippen LogP) is 2.38. The van der Waals surface area contributed by atoms with Gasteiger partial charge in [0, 0.05) is 18.1 Å². The van der Waals surface area contributed by atoms with Gasteiger partial charge in [-0.3, -0.25) is 5.32 Å². The molecule has 0 atom stereocenters. The summed E-state index contributed by atoms with van der Waals surface area (Å²) in [4.78, 5) is 16.0. The van der Waals surface area contributed by atoms with Crippen LogP contribution in [0, 0.1) is 0 Å². The van der Waals surface area contributed by atoms with E-state index in [0.29, 0.717) is 12.2 Å². The smallest absolute Gasteiger partial charge is 0.412 e. The number of nitrogens with one attached hydrogen (secondary N) is 1. The molecule has 20 heavy (non-hydrogen) atoms. The van der Waals surface area contributed by atoms with Crippen LogP contribution in [-0.4, -0.2) is 33.0 Å². The molecule has 2 N–H and O–H groups in total. The predicted molar refractivity (Wildman–Crippen MR) is 76.7 cm³/mol. The van der Waals surface area contributed by atoms with Crippen molar-refractivity contribution in [2.45, 2.75) is 32.9 Å². The standard InChI is InChI=1S/C14H19N3O3/c1-14(2,3)20-13(19)16-11-8-10-4-5-17(6-7-18)12(10)15-9-11/h4-5,8-9,18H,6-7H2,1-3H3,(H,16,19). The molecule has 0 saturated heterocycles. The molecule has 6 nitrogen and oxygen atoms in total. The molecular formula is C14H19N3O3. The Morgan fingerprint density at radius 2 is 2.25 bits per heavy atom. The number of aliphatic hydroxyl groups excluding tert-OH is 1. The van der Waals surface area contributed by atoms with Crippen molar-refractivity contribution in [1.29, 1.82) is 0 Å². The zero-order valence-electron chi connectivity index (χ0n) is 11.9. The third kappa shape index (κ3) is 3.48. The summed E-state index contributed by atoms with van der Waals surface area (Å²) in [6, 6.07) is 3.71. The van der Waals surface area contributed by atoms with Crippen LogP contribution in [0.1, 0.15) is 20.8 Å². The summed E-state index contributed by atoms with van der Waals surface area (Å²) in [5.41, 5.74) is 0.814. The molecule has 0 aliphatic carbocycles. The Morgan fingerprint density at radius 3 is 2.90 bits per heavy atom. The van der Waals surface area contributed by atoms with Crippen LogP contribution in [0.5, 0.6) is 0 Å². The number of anilines is 1. The van der Waals surface area contributed by atoms with E-state index in [-0.39, 0.29) is 6.61 Å². The van der Waals surface area contributed by atoms with Crippen molar-refractivity contribution in [3.05, 3.63) is 24.5 Å². The van der Waals surface area contributed by atoms with Gasteiger partial charge in [0.05, 0.1) is 18.5 Å². The SMILES string of the molecule is CC(C)(C)OC(=O)Nc1cnc2c(ccn2CCO)c1. The molecule has 0 unspecified atom stereocenters. The molecule has 2 rings (SSSR count). The second-order valence-corrected chi connectivity index (χ2v) is 5.50. The topological polar surface area (TPSA) is 76.4 Å². The Hall–Kier alpha value is -2.08. The fraction of sp³-hybridized carbons (Fsp3) is 0.429. The summed E-state index contributed by atoms with van der Waals surface area (Å²) in [6.07, 6.45) is 2.92. The van der Waals surface area contributed by atoms with Crippen LogP contribution < -0.4 is 5.32 Å². The molecule has 0 spiro atoms. The van der Waals surface area contributed by atoms with Crippen LogP contribution in [0.25, 0.3) is 11.0 Å². The van der Waals surface area contributed by atoms with E-state index < -0.39 is 11.7 Å². The lowest BCUT2D eigenvalue weighted by Gasteiger charge is -2.19. The highest BCUT2D eigenvalue weighted by molar-refractivity contribution is 5.88. The fourth-order valence-corrected chi connectivity index (χ4v) is 1.86. The van der Waals surface area contributed by atoms with Crippen LogP contribution in [0.15, 0.2) is 24.5 Å². The highest BCUT2D eigenvalue weighted by Crippen LogP contribution is 2.18. The monoisotopic (exact) mass is 277 g/mol. The number of hydrogen-bond acceptors (Lipinski definition) is 4. The Labute approximate surface area is 117 Å². The van der Waals surface area contributed by atoms with Gasteiger partial charge in [-0.1, -0.05) is 0 Å². The molecule has 0 aliphatic heterocycles. The van der Waals surface area contributed by atoms with Gasteiger partial charge in [0.15, 0.2) is 0 Å². The molecule has 2 heterocycles. The Kier molecular flexibility index (Phi) is 3.94. The number of pyridine rings is 1.